The first kappa shape index (κ1) is 12.2. The number of hydrogen-bond acceptors (Lipinski definition) is 1. The molecule has 0 fully saturated rings. The molecule has 0 bridgehead atoms. The van der Waals surface area contributed by atoms with E-state index in [1.807, 2.05) is 37.8 Å². The SMILES string of the molecule is Cn1cncc1CCCCc1ccccc1Cl. The van der Waals surface area contributed by atoms with Crippen LogP contribution in [0.3, 0.4) is 0 Å². The molecule has 1 aromatic carbocycles. The summed E-state index contributed by atoms with van der Waals surface area (Å²) in [5.74, 6) is 0. The summed E-state index contributed by atoms with van der Waals surface area (Å²) in [7, 11) is 2.04. The van der Waals surface area contributed by atoms with Gasteiger partial charge in [-0.1, -0.05) is 29.8 Å². The lowest BCUT2D eigenvalue weighted by atomic mass is 10.1. The third-order valence-corrected chi connectivity index (χ3v) is 3.37. The van der Waals surface area contributed by atoms with E-state index in [2.05, 4.69) is 15.6 Å². The van der Waals surface area contributed by atoms with Crippen LogP contribution in [0.5, 0.6) is 0 Å². The fourth-order valence-corrected chi connectivity index (χ4v) is 2.18. The molecule has 0 atom stereocenters. The summed E-state index contributed by atoms with van der Waals surface area (Å²) in [5, 5.41) is 0.882. The van der Waals surface area contributed by atoms with Crippen molar-refractivity contribution in [3.63, 3.8) is 0 Å². The van der Waals surface area contributed by atoms with Crippen LogP contribution in [0.25, 0.3) is 0 Å². The molecule has 0 radical (unpaired) electrons. The number of halogens is 1. The summed E-state index contributed by atoms with van der Waals surface area (Å²) in [6.45, 7) is 0. The Kier molecular flexibility index (Phi) is 4.21. The minimum atomic E-state index is 0.882. The maximum Gasteiger partial charge on any atom is 0.0945 e. The second-order valence-corrected chi connectivity index (χ2v) is 4.70. The van der Waals surface area contributed by atoms with Crippen molar-refractivity contribution in [2.24, 2.45) is 7.05 Å². The molecule has 2 aromatic rings. The highest BCUT2D eigenvalue weighted by atomic mass is 35.5. The van der Waals surface area contributed by atoms with E-state index in [-0.39, 0.29) is 0 Å². The van der Waals surface area contributed by atoms with Crippen molar-refractivity contribution in [1.82, 2.24) is 9.55 Å². The number of aromatic nitrogens is 2. The molecule has 0 spiro atoms. The first-order valence-corrected chi connectivity index (χ1v) is 6.34. The van der Waals surface area contributed by atoms with Gasteiger partial charge in [-0.2, -0.15) is 0 Å². The molecule has 0 aliphatic carbocycles. The van der Waals surface area contributed by atoms with Gasteiger partial charge in [0.1, 0.15) is 0 Å². The number of rotatable bonds is 5. The molecule has 0 saturated carbocycles. The van der Waals surface area contributed by atoms with Gasteiger partial charge in [0, 0.05) is 24.0 Å². The van der Waals surface area contributed by atoms with Gasteiger partial charge < -0.3 is 4.57 Å². The molecule has 0 aliphatic rings. The lowest BCUT2D eigenvalue weighted by Crippen LogP contribution is -1.96. The molecule has 2 rings (SSSR count). The van der Waals surface area contributed by atoms with E-state index < -0.39 is 0 Å². The summed E-state index contributed by atoms with van der Waals surface area (Å²) < 4.78 is 2.08. The smallest absolute Gasteiger partial charge is 0.0945 e. The molecule has 90 valence electrons. The summed E-state index contributed by atoms with van der Waals surface area (Å²) in [6, 6.07) is 8.08. The minimum Gasteiger partial charge on any atom is -0.338 e. The summed E-state index contributed by atoms with van der Waals surface area (Å²) in [5.41, 5.74) is 2.54. The van der Waals surface area contributed by atoms with Crippen LogP contribution in [0.15, 0.2) is 36.8 Å². The highest BCUT2D eigenvalue weighted by Gasteiger charge is 2.01. The third-order valence-electron chi connectivity index (χ3n) is 3.00. The van der Waals surface area contributed by atoms with Crippen molar-refractivity contribution in [2.75, 3.05) is 0 Å². The zero-order chi connectivity index (χ0) is 12.1. The molecule has 2 nitrogen and oxygen atoms in total. The second kappa shape index (κ2) is 5.87. The van der Waals surface area contributed by atoms with Crippen LogP contribution >= 0.6 is 11.6 Å². The number of imidazole rings is 1. The molecule has 17 heavy (non-hydrogen) atoms. The van der Waals surface area contributed by atoms with Gasteiger partial charge in [0.2, 0.25) is 0 Å². The van der Waals surface area contributed by atoms with Gasteiger partial charge in [0.15, 0.2) is 0 Å². The Bertz CT molecular complexity index is 477. The highest BCUT2D eigenvalue weighted by Crippen LogP contribution is 2.17. The van der Waals surface area contributed by atoms with Gasteiger partial charge in [-0.25, -0.2) is 4.98 Å². The molecule has 3 heteroatoms. The molecule has 0 unspecified atom stereocenters. The Labute approximate surface area is 107 Å². The highest BCUT2D eigenvalue weighted by molar-refractivity contribution is 6.31. The summed E-state index contributed by atoms with van der Waals surface area (Å²) in [4.78, 5) is 4.11. The standard InChI is InChI=1S/C14H17ClN2/c1-17-11-16-10-13(17)8-4-2-6-12-7-3-5-9-14(12)15/h3,5,7,9-11H,2,4,6,8H2,1H3. The van der Waals surface area contributed by atoms with Crippen molar-refractivity contribution in [3.05, 3.63) is 53.1 Å². The van der Waals surface area contributed by atoms with Gasteiger partial charge in [-0.3, -0.25) is 0 Å². The van der Waals surface area contributed by atoms with Crippen LogP contribution in [0.4, 0.5) is 0 Å². The van der Waals surface area contributed by atoms with Crippen LogP contribution in [-0.2, 0) is 19.9 Å². The number of unbranched alkanes of at least 4 members (excludes halogenated alkanes) is 1. The molecule has 1 heterocycles. The fourth-order valence-electron chi connectivity index (χ4n) is 1.95. The Morgan fingerprint density at radius 3 is 2.65 bits per heavy atom. The van der Waals surface area contributed by atoms with Gasteiger partial charge >= 0.3 is 0 Å². The Hall–Kier alpha value is -1.28. The molecule has 0 amide bonds. The minimum absolute atomic E-state index is 0.882. The van der Waals surface area contributed by atoms with Crippen LogP contribution in [0, 0.1) is 0 Å². The van der Waals surface area contributed by atoms with E-state index in [1.54, 1.807) is 0 Å². The molecular formula is C14H17ClN2. The van der Waals surface area contributed by atoms with Crippen molar-refractivity contribution < 1.29 is 0 Å². The first-order valence-electron chi connectivity index (χ1n) is 5.96. The average molecular weight is 249 g/mol. The van der Waals surface area contributed by atoms with E-state index in [1.165, 1.54) is 17.7 Å². The van der Waals surface area contributed by atoms with E-state index in [9.17, 15) is 0 Å². The molecule has 0 saturated heterocycles. The number of benzene rings is 1. The number of aryl methyl sites for hydroxylation is 3. The maximum atomic E-state index is 6.11. The third kappa shape index (κ3) is 3.34. The van der Waals surface area contributed by atoms with Gasteiger partial charge in [-0.15, -0.1) is 0 Å². The number of hydrogen-bond donors (Lipinski definition) is 0. The predicted octanol–water partition coefficient (Wildman–Crippen LogP) is 3.64. The van der Waals surface area contributed by atoms with Gasteiger partial charge in [-0.05, 0) is 37.3 Å². The van der Waals surface area contributed by atoms with E-state index >= 15 is 0 Å². The maximum absolute atomic E-state index is 6.11. The monoisotopic (exact) mass is 248 g/mol. The molecule has 0 aliphatic heterocycles. The first-order chi connectivity index (χ1) is 8.27. The lowest BCUT2D eigenvalue weighted by Gasteiger charge is -2.04. The second-order valence-electron chi connectivity index (χ2n) is 4.29. The quantitative estimate of drug-likeness (QED) is 0.739. The topological polar surface area (TPSA) is 17.8 Å². The number of nitrogens with zero attached hydrogens (tertiary/aromatic N) is 2. The van der Waals surface area contributed by atoms with Crippen molar-refractivity contribution in [2.45, 2.75) is 25.7 Å². The fraction of sp³-hybridized carbons (Fsp3) is 0.357. The Morgan fingerprint density at radius 2 is 1.94 bits per heavy atom. The zero-order valence-electron chi connectivity index (χ0n) is 10.1. The Morgan fingerprint density at radius 1 is 1.18 bits per heavy atom. The molecule has 1 aromatic heterocycles. The van der Waals surface area contributed by atoms with Crippen molar-refractivity contribution in [3.8, 4) is 0 Å². The molecule has 0 N–H and O–H groups in total. The van der Waals surface area contributed by atoms with E-state index in [0.29, 0.717) is 0 Å². The van der Waals surface area contributed by atoms with E-state index in [4.69, 9.17) is 11.6 Å². The van der Waals surface area contributed by atoms with Crippen LogP contribution in [-0.4, -0.2) is 9.55 Å². The lowest BCUT2D eigenvalue weighted by molar-refractivity contribution is 0.697. The van der Waals surface area contributed by atoms with E-state index in [0.717, 1.165) is 24.3 Å². The van der Waals surface area contributed by atoms with Crippen LogP contribution in [0.1, 0.15) is 24.1 Å². The summed E-state index contributed by atoms with van der Waals surface area (Å²) in [6.07, 6.45) is 8.26. The summed E-state index contributed by atoms with van der Waals surface area (Å²) >= 11 is 6.11. The average Bonchev–Trinajstić information content (AvgIpc) is 2.73. The van der Waals surface area contributed by atoms with Crippen molar-refractivity contribution >= 4 is 11.6 Å². The Balaban J connectivity index is 1.77. The van der Waals surface area contributed by atoms with Crippen LogP contribution < -0.4 is 0 Å². The largest absolute Gasteiger partial charge is 0.338 e. The molecular weight excluding hydrogens is 232 g/mol. The normalized spacial score (nSPS) is 10.7. The van der Waals surface area contributed by atoms with Gasteiger partial charge in [0.25, 0.3) is 0 Å². The van der Waals surface area contributed by atoms with Crippen molar-refractivity contribution in [1.29, 1.82) is 0 Å². The predicted molar refractivity (Wildman–Crippen MR) is 71.3 cm³/mol. The zero-order valence-corrected chi connectivity index (χ0v) is 10.8. The van der Waals surface area contributed by atoms with Crippen LogP contribution in [0.2, 0.25) is 5.02 Å². The van der Waals surface area contributed by atoms with Gasteiger partial charge in [0.05, 0.1) is 6.33 Å².